The van der Waals surface area contributed by atoms with Gasteiger partial charge in [0.05, 0.1) is 15.5 Å². The molecule has 22 heavy (non-hydrogen) atoms. The number of nitrogens with zero attached hydrogens (tertiary/aromatic N) is 1. The third-order valence-corrected chi connectivity index (χ3v) is 4.33. The summed E-state index contributed by atoms with van der Waals surface area (Å²) in [6, 6.07) is 1.61. The number of nitrogens with two attached hydrogens (primary N) is 1. The smallest absolute Gasteiger partial charge is 0.227 e. The van der Waals surface area contributed by atoms with E-state index in [0.717, 1.165) is 0 Å². The van der Waals surface area contributed by atoms with Crippen molar-refractivity contribution in [1.29, 1.82) is 0 Å². The van der Waals surface area contributed by atoms with Gasteiger partial charge in [0.1, 0.15) is 5.82 Å². The summed E-state index contributed by atoms with van der Waals surface area (Å²) in [6.07, 6.45) is 2.83. The summed E-state index contributed by atoms with van der Waals surface area (Å²) in [7, 11) is 0. The van der Waals surface area contributed by atoms with Crippen LogP contribution in [0.5, 0.6) is 0 Å². The number of carbonyl (C=O) groups is 1. The molecule has 1 aromatic heterocycles. The molecule has 6 nitrogen and oxygen atoms in total. The Morgan fingerprint density at radius 3 is 2.73 bits per heavy atom. The number of hydrogen-bond donors (Lipinski definition) is 3. The van der Waals surface area contributed by atoms with Crippen LogP contribution in [-0.2, 0) is 9.53 Å². The molecule has 1 fully saturated rings. The van der Waals surface area contributed by atoms with Crippen molar-refractivity contribution >= 4 is 34.9 Å². The molecule has 8 heteroatoms. The molecule has 0 aliphatic carbocycles. The molecule has 1 aromatic rings. The highest BCUT2D eigenvalue weighted by Gasteiger charge is 2.38. The Morgan fingerprint density at radius 1 is 1.36 bits per heavy atom. The van der Waals surface area contributed by atoms with Crippen molar-refractivity contribution in [3.8, 4) is 0 Å². The van der Waals surface area contributed by atoms with Crippen LogP contribution in [0.2, 0.25) is 10.0 Å². The van der Waals surface area contributed by atoms with Gasteiger partial charge < -0.3 is 21.1 Å². The van der Waals surface area contributed by atoms with Gasteiger partial charge in [0.25, 0.3) is 0 Å². The van der Waals surface area contributed by atoms with Crippen molar-refractivity contribution in [3.63, 3.8) is 0 Å². The molecule has 0 aromatic carbocycles. The molecule has 0 saturated carbocycles. The average Bonchev–Trinajstić information content (AvgIpc) is 2.53. The van der Waals surface area contributed by atoms with E-state index < -0.39 is 5.41 Å². The predicted molar refractivity (Wildman–Crippen MR) is 87.3 cm³/mol. The summed E-state index contributed by atoms with van der Waals surface area (Å²) in [5, 5.41) is 6.89. The fraction of sp³-hybridized carbons (Fsp3) is 0.571. The van der Waals surface area contributed by atoms with Crippen LogP contribution in [0.1, 0.15) is 12.8 Å². The van der Waals surface area contributed by atoms with E-state index in [1.807, 2.05) is 0 Å². The van der Waals surface area contributed by atoms with Crippen LogP contribution < -0.4 is 16.4 Å². The maximum absolute atomic E-state index is 12.3. The molecule has 4 N–H and O–H groups in total. The summed E-state index contributed by atoms with van der Waals surface area (Å²) in [5.41, 5.74) is 5.29. The number of rotatable bonds is 6. The van der Waals surface area contributed by atoms with Gasteiger partial charge in [-0.3, -0.25) is 4.79 Å². The van der Waals surface area contributed by atoms with Crippen molar-refractivity contribution in [2.24, 2.45) is 11.1 Å². The Labute approximate surface area is 139 Å². The van der Waals surface area contributed by atoms with Gasteiger partial charge >= 0.3 is 0 Å². The number of anilines is 1. The van der Waals surface area contributed by atoms with Crippen molar-refractivity contribution in [3.05, 3.63) is 22.3 Å². The number of carbonyl (C=O) groups excluding carboxylic acids is 1. The van der Waals surface area contributed by atoms with Crippen LogP contribution >= 0.6 is 23.2 Å². The molecule has 0 radical (unpaired) electrons. The normalized spacial score (nSPS) is 17.0. The highest BCUT2D eigenvalue weighted by Crippen LogP contribution is 2.29. The van der Waals surface area contributed by atoms with E-state index in [0.29, 0.717) is 61.6 Å². The number of halogens is 2. The molecule has 1 amide bonds. The first-order valence-corrected chi connectivity index (χ1v) is 7.94. The Morgan fingerprint density at radius 2 is 2.09 bits per heavy atom. The molecule has 2 rings (SSSR count). The second kappa shape index (κ2) is 7.97. The van der Waals surface area contributed by atoms with Crippen LogP contribution in [0.15, 0.2) is 12.3 Å². The molecule has 1 aliphatic rings. The zero-order valence-corrected chi connectivity index (χ0v) is 13.7. The van der Waals surface area contributed by atoms with Gasteiger partial charge in [-0.1, -0.05) is 23.2 Å². The molecule has 0 unspecified atom stereocenters. The predicted octanol–water partition coefficient (Wildman–Crippen LogP) is 1.67. The molecule has 0 atom stereocenters. The summed E-state index contributed by atoms with van der Waals surface area (Å²) < 4.78 is 5.30. The lowest BCUT2D eigenvalue weighted by atomic mass is 9.79. The molecule has 0 bridgehead atoms. The van der Waals surface area contributed by atoms with Crippen molar-refractivity contribution in [1.82, 2.24) is 10.3 Å². The van der Waals surface area contributed by atoms with Gasteiger partial charge in [0.15, 0.2) is 0 Å². The lowest BCUT2D eigenvalue weighted by molar-refractivity contribution is -0.135. The van der Waals surface area contributed by atoms with Gasteiger partial charge in [-0.05, 0) is 18.9 Å². The van der Waals surface area contributed by atoms with Crippen molar-refractivity contribution in [2.45, 2.75) is 12.8 Å². The molecule has 2 heterocycles. The Hall–Kier alpha value is -1.08. The highest BCUT2D eigenvalue weighted by molar-refractivity contribution is 6.35. The molecule has 1 saturated heterocycles. The van der Waals surface area contributed by atoms with Gasteiger partial charge in [0.2, 0.25) is 5.91 Å². The topological polar surface area (TPSA) is 89.3 Å². The maximum atomic E-state index is 12.3. The molecular formula is C14H20Cl2N4O2. The number of nitrogens with one attached hydrogen (secondary N) is 2. The number of hydrogen-bond acceptors (Lipinski definition) is 5. The second-order valence-corrected chi connectivity index (χ2v) is 6.11. The van der Waals surface area contributed by atoms with E-state index >= 15 is 0 Å². The van der Waals surface area contributed by atoms with E-state index in [1.54, 1.807) is 6.07 Å². The standard InChI is InChI=1S/C14H20Cl2N4O2/c15-10-7-11(16)12(20-8-10)18-3-4-19-13(21)14(9-17)1-5-22-6-2-14/h7-8H,1-6,9,17H2,(H,18,20)(H,19,21). The quantitative estimate of drug-likeness (QED) is 0.681. The van der Waals surface area contributed by atoms with Crippen LogP contribution in [0, 0.1) is 5.41 Å². The SMILES string of the molecule is NCC1(C(=O)NCCNc2ncc(Cl)cc2Cl)CCOCC1. The number of amides is 1. The summed E-state index contributed by atoms with van der Waals surface area (Å²) in [5.74, 6) is 0.523. The number of ether oxygens (including phenoxy) is 1. The van der Waals surface area contributed by atoms with Gasteiger partial charge in [0, 0.05) is 39.0 Å². The van der Waals surface area contributed by atoms with E-state index in [2.05, 4.69) is 15.6 Å². The Bertz CT molecular complexity index is 522. The zero-order chi connectivity index (χ0) is 16.0. The minimum atomic E-state index is -0.506. The average molecular weight is 347 g/mol. The number of aromatic nitrogens is 1. The van der Waals surface area contributed by atoms with E-state index in [-0.39, 0.29) is 5.91 Å². The molecular weight excluding hydrogens is 327 g/mol. The third kappa shape index (κ3) is 4.23. The van der Waals surface area contributed by atoms with Crippen LogP contribution in [0.25, 0.3) is 0 Å². The van der Waals surface area contributed by atoms with Crippen molar-refractivity contribution in [2.75, 3.05) is 38.2 Å². The molecule has 122 valence electrons. The fourth-order valence-electron chi connectivity index (χ4n) is 2.38. The van der Waals surface area contributed by atoms with Crippen LogP contribution in [0.4, 0.5) is 5.82 Å². The van der Waals surface area contributed by atoms with E-state index in [1.165, 1.54) is 6.20 Å². The summed E-state index contributed by atoms with van der Waals surface area (Å²) in [6.45, 7) is 2.46. The van der Waals surface area contributed by atoms with Gasteiger partial charge in [-0.2, -0.15) is 0 Å². The molecule has 0 spiro atoms. The lowest BCUT2D eigenvalue weighted by Crippen LogP contribution is -2.50. The highest BCUT2D eigenvalue weighted by atomic mass is 35.5. The monoisotopic (exact) mass is 346 g/mol. The first kappa shape index (κ1) is 17.3. The van der Waals surface area contributed by atoms with Crippen LogP contribution in [-0.4, -0.2) is 43.7 Å². The van der Waals surface area contributed by atoms with E-state index in [9.17, 15) is 4.79 Å². The van der Waals surface area contributed by atoms with Crippen LogP contribution in [0.3, 0.4) is 0 Å². The van der Waals surface area contributed by atoms with E-state index in [4.69, 9.17) is 33.7 Å². The minimum absolute atomic E-state index is 0.0183. The van der Waals surface area contributed by atoms with Crippen molar-refractivity contribution < 1.29 is 9.53 Å². The lowest BCUT2D eigenvalue weighted by Gasteiger charge is -2.34. The largest absolute Gasteiger partial charge is 0.381 e. The summed E-state index contributed by atoms with van der Waals surface area (Å²) in [4.78, 5) is 16.4. The second-order valence-electron chi connectivity index (χ2n) is 5.26. The fourth-order valence-corrected chi connectivity index (χ4v) is 2.82. The minimum Gasteiger partial charge on any atom is -0.381 e. The molecule has 1 aliphatic heterocycles. The van der Waals surface area contributed by atoms with Gasteiger partial charge in [-0.15, -0.1) is 0 Å². The zero-order valence-electron chi connectivity index (χ0n) is 12.2. The summed E-state index contributed by atoms with van der Waals surface area (Å²) >= 11 is 11.8. The maximum Gasteiger partial charge on any atom is 0.227 e. The van der Waals surface area contributed by atoms with Gasteiger partial charge in [-0.25, -0.2) is 4.98 Å². The first-order chi connectivity index (χ1) is 10.6. The first-order valence-electron chi connectivity index (χ1n) is 7.18. The Balaban J connectivity index is 1.79. The Kier molecular flexibility index (Phi) is 6.26. The number of pyridine rings is 1. The third-order valence-electron chi connectivity index (χ3n) is 3.83.